The molecule has 1 aromatic carbocycles. The lowest BCUT2D eigenvalue weighted by Gasteiger charge is -2.07. The monoisotopic (exact) mass is 297 g/mol. The second-order valence-corrected chi connectivity index (χ2v) is 6.37. The first-order valence-electron chi connectivity index (χ1n) is 7.11. The molecule has 2 aromatic heterocycles. The average molecular weight is 297 g/mol. The standard InChI is InChI=1S/C16H15N3OS/c1-10-8-12(20-19-10)9-21-16-13-4-2-3-5-14(13)17-15(18-16)11-6-7-11/h2-5,8,11H,6-7,9H2,1H3. The van der Waals surface area contributed by atoms with Crippen molar-refractivity contribution in [1.29, 1.82) is 0 Å². The lowest BCUT2D eigenvalue weighted by molar-refractivity contribution is 0.391. The molecule has 3 aromatic rings. The van der Waals surface area contributed by atoms with Crippen LogP contribution >= 0.6 is 11.8 Å². The van der Waals surface area contributed by atoms with E-state index in [1.54, 1.807) is 11.8 Å². The maximum absolute atomic E-state index is 5.27. The van der Waals surface area contributed by atoms with Crippen LogP contribution in [-0.4, -0.2) is 15.1 Å². The van der Waals surface area contributed by atoms with Crippen LogP contribution < -0.4 is 0 Å². The second-order valence-electron chi connectivity index (χ2n) is 5.40. The Kier molecular flexibility index (Phi) is 3.15. The molecule has 0 atom stereocenters. The van der Waals surface area contributed by atoms with Crippen LogP contribution in [0.2, 0.25) is 0 Å². The van der Waals surface area contributed by atoms with E-state index in [0.717, 1.165) is 39.0 Å². The zero-order chi connectivity index (χ0) is 14.2. The SMILES string of the molecule is Cc1cc(CSc2nc(C3CC3)nc3ccccc23)on1. The largest absolute Gasteiger partial charge is 0.360 e. The number of hydrogen-bond acceptors (Lipinski definition) is 5. The number of thioether (sulfide) groups is 1. The van der Waals surface area contributed by atoms with Crippen LogP contribution in [0, 0.1) is 6.92 Å². The van der Waals surface area contributed by atoms with Crippen LogP contribution in [0.5, 0.6) is 0 Å². The number of nitrogens with zero attached hydrogens (tertiary/aromatic N) is 3. The smallest absolute Gasteiger partial charge is 0.147 e. The third-order valence-electron chi connectivity index (χ3n) is 3.56. The summed E-state index contributed by atoms with van der Waals surface area (Å²) in [6, 6.07) is 10.2. The van der Waals surface area contributed by atoms with E-state index in [9.17, 15) is 0 Å². The minimum absolute atomic E-state index is 0.557. The van der Waals surface area contributed by atoms with Crippen LogP contribution in [0.25, 0.3) is 10.9 Å². The molecule has 0 bridgehead atoms. The van der Waals surface area contributed by atoms with Gasteiger partial charge in [0.25, 0.3) is 0 Å². The molecule has 1 fully saturated rings. The van der Waals surface area contributed by atoms with Gasteiger partial charge < -0.3 is 4.52 Å². The van der Waals surface area contributed by atoms with Crippen LogP contribution in [-0.2, 0) is 5.75 Å². The first-order valence-corrected chi connectivity index (χ1v) is 8.10. The van der Waals surface area contributed by atoms with E-state index >= 15 is 0 Å². The van der Waals surface area contributed by atoms with E-state index in [1.807, 2.05) is 25.1 Å². The summed E-state index contributed by atoms with van der Waals surface area (Å²) >= 11 is 1.69. The molecule has 4 rings (SSSR count). The third kappa shape index (κ3) is 2.65. The lowest BCUT2D eigenvalue weighted by atomic mass is 10.2. The number of para-hydroxylation sites is 1. The predicted octanol–water partition coefficient (Wildman–Crippen LogP) is 4.10. The molecule has 106 valence electrons. The number of rotatable bonds is 4. The molecule has 5 heteroatoms. The Bertz CT molecular complexity index is 795. The van der Waals surface area contributed by atoms with Gasteiger partial charge >= 0.3 is 0 Å². The number of benzene rings is 1. The van der Waals surface area contributed by atoms with Gasteiger partial charge in [-0.3, -0.25) is 0 Å². The fourth-order valence-corrected chi connectivity index (χ4v) is 3.22. The van der Waals surface area contributed by atoms with Gasteiger partial charge in [0.05, 0.1) is 17.0 Å². The first kappa shape index (κ1) is 12.8. The molecule has 0 unspecified atom stereocenters. The van der Waals surface area contributed by atoms with Crippen molar-refractivity contribution in [3.63, 3.8) is 0 Å². The maximum Gasteiger partial charge on any atom is 0.147 e. The van der Waals surface area contributed by atoms with E-state index < -0.39 is 0 Å². The molecule has 0 aliphatic heterocycles. The van der Waals surface area contributed by atoms with Crippen molar-refractivity contribution >= 4 is 22.7 Å². The molecule has 4 nitrogen and oxygen atoms in total. The molecule has 0 radical (unpaired) electrons. The lowest BCUT2D eigenvalue weighted by Crippen LogP contribution is -1.96. The fourth-order valence-electron chi connectivity index (χ4n) is 2.32. The van der Waals surface area contributed by atoms with Gasteiger partial charge in [0.2, 0.25) is 0 Å². The molecular weight excluding hydrogens is 282 g/mol. The summed E-state index contributed by atoms with van der Waals surface area (Å²) in [5.41, 5.74) is 1.95. The quantitative estimate of drug-likeness (QED) is 0.536. The molecule has 2 heterocycles. The Hall–Kier alpha value is -1.88. The number of aromatic nitrogens is 3. The van der Waals surface area contributed by atoms with Gasteiger partial charge in [0.15, 0.2) is 0 Å². The third-order valence-corrected chi connectivity index (χ3v) is 4.57. The fraction of sp³-hybridized carbons (Fsp3) is 0.312. The first-order chi connectivity index (χ1) is 10.3. The average Bonchev–Trinajstić information content (AvgIpc) is 3.27. The Morgan fingerprint density at radius 1 is 1.24 bits per heavy atom. The number of fused-ring (bicyclic) bond motifs is 1. The molecular formula is C16H15N3OS. The minimum Gasteiger partial charge on any atom is -0.360 e. The zero-order valence-electron chi connectivity index (χ0n) is 11.7. The summed E-state index contributed by atoms with van der Waals surface area (Å²) in [6.45, 7) is 1.93. The van der Waals surface area contributed by atoms with Gasteiger partial charge in [-0.1, -0.05) is 35.1 Å². The van der Waals surface area contributed by atoms with E-state index in [2.05, 4.69) is 17.3 Å². The molecule has 1 aliphatic rings. The maximum atomic E-state index is 5.27. The van der Waals surface area contributed by atoms with Gasteiger partial charge in [-0.25, -0.2) is 9.97 Å². The highest BCUT2D eigenvalue weighted by Gasteiger charge is 2.27. The van der Waals surface area contributed by atoms with Crippen LogP contribution in [0.1, 0.15) is 36.0 Å². The minimum atomic E-state index is 0.557. The van der Waals surface area contributed by atoms with Crippen molar-refractivity contribution in [2.45, 2.75) is 36.5 Å². The van der Waals surface area contributed by atoms with E-state index in [0.29, 0.717) is 5.92 Å². The summed E-state index contributed by atoms with van der Waals surface area (Å²) in [7, 11) is 0. The van der Waals surface area contributed by atoms with E-state index in [4.69, 9.17) is 14.5 Å². The highest BCUT2D eigenvalue weighted by molar-refractivity contribution is 7.98. The Balaban J connectivity index is 1.68. The van der Waals surface area contributed by atoms with Crippen LogP contribution in [0.4, 0.5) is 0 Å². The van der Waals surface area contributed by atoms with Crippen LogP contribution in [0.3, 0.4) is 0 Å². The molecule has 0 amide bonds. The number of hydrogen-bond donors (Lipinski definition) is 0. The van der Waals surface area contributed by atoms with Gasteiger partial charge in [0, 0.05) is 17.4 Å². The van der Waals surface area contributed by atoms with Gasteiger partial charge in [0.1, 0.15) is 16.6 Å². The molecule has 0 saturated heterocycles. The molecule has 0 spiro atoms. The van der Waals surface area contributed by atoms with Gasteiger partial charge in [-0.05, 0) is 25.8 Å². The van der Waals surface area contributed by atoms with Gasteiger partial charge in [-0.2, -0.15) is 0 Å². The summed E-state index contributed by atoms with van der Waals surface area (Å²) in [6.07, 6.45) is 2.42. The molecule has 1 aliphatic carbocycles. The van der Waals surface area contributed by atoms with Crippen molar-refractivity contribution in [3.05, 3.63) is 47.6 Å². The normalized spacial score (nSPS) is 14.7. The topological polar surface area (TPSA) is 51.8 Å². The van der Waals surface area contributed by atoms with E-state index in [1.165, 1.54) is 12.8 Å². The highest BCUT2D eigenvalue weighted by Crippen LogP contribution is 2.40. The summed E-state index contributed by atoms with van der Waals surface area (Å²) in [5, 5.41) is 6.08. The summed E-state index contributed by atoms with van der Waals surface area (Å²) in [4.78, 5) is 9.47. The Morgan fingerprint density at radius 2 is 2.10 bits per heavy atom. The summed E-state index contributed by atoms with van der Waals surface area (Å²) in [5.74, 6) is 3.17. The summed E-state index contributed by atoms with van der Waals surface area (Å²) < 4.78 is 5.27. The van der Waals surface area contributed by atoms with Crippen molar-refractivity contribution < 1.29 is 4.52 Å². The highest BCUT2D eigenvalue weighted by atomic mass is 32.2. The Morgan fingerprint density at radius 3 is 2.86 bits per heavy atom. The van der Waals surface area contributed by atoms with Gasteiger partial charge in [-0.15, -0.1) is 0 Å². The van der Waals surface area contributed by atoms with Crippen molar-refractivity contribution in [3.8, 4) is 0 Å². The molecule has 1 saturated carbocycles. The second kappa shape index (κ2) is 5.15. The zero-order valence-corrected chi connectivity index (χ0v) is 12.6. The van der Waals surface area contributed by atoms with Crippen LogP contribution in [0.15, 0.2) is 39.9 Å². The molecule has 0 N–H and O–H groups in total. The Labute approximate surface area is 127 Å². The van der Waals surface area contributed by atoms with Crippen molar-refractivity contribution in [2.24, 2.45) is 0 Å². The van der Waals surface area contributed by atoms with Crippen molar-refractivity contribution in [2.75, 3.05) is 0 Å². The molecule has 21 heavy (non-hydrogen) atoms. The van der Waals surface area contributed by atoms with Crippen molar-refractivity contribution in [1.82, 2.24) is 15.1 Å². The predicted molar refractivity (Wildman–Crippen MR) is 82.3 cm³/mol. The van der Waals surface area contributed by atoms with E-state index in [-0.39, 0.29) is 0 Å². The number of aryl methyl sites for hydroxylation is 1.